The number of unbranched alkanes of at least 4 members (excludes halogenated alkanes) is 2. The smallest absolute Gasteiger partial charge is 0.504 e. The fraction of sp³-hybridized carbons (Fsp3) is 0.490. The molecule has 13 heteroatoms. The van der Waals surface area contributed by atoms with Crippen molar-refractivity contribution in [1.29, 1.82) is 0 Å². The predicted octanol–water partition coefficient (Wildman–Crippen LogP) is 8.65. The molecule has 0 saturated heterocycles. The van der Waals surface area contributed by atoms with Gasteiger partial charge in [0.05, 0.1) is 25.4 Å². The van der Waals surface area contributed by atoms with Crippen molar-refractivity contribution in [3.63, 3.8) is 0 Å². The van der Waals surface area contributed by atoms with Gasteiger partial charge in [0.1, 0.15) is 11.3 Å². The van der Waals surface area contributed by atoms with Crippen LogP contribution in [0, 0.1) is 12.8 Å². The molecule has 0 amide bonds. The molecule has 0 saturated carbocycles. The largest absolute Gasteiger partial charge is 0.511 e. The van der Waals surface area contributed by atoms with Crippen LogP contribution in [0.3, 0.4) is 0 Å². The molecule has 8 rings (SSSR count). The van der Waals surface area contributed by atoms with E-state index in [0.717, 1.165) is 129 Å². The normalized spacial score (nSPS) is 14.1. The number of aromatic hydroxyl groups is 2. The van der Waals surface area contributed by atoms with Crippen LogP contribution in [-0.4, -0.2) is 97.3 Å². The third-order valence-corrected chi connectivity index (χ3v) is 12.9. The Kier molecular flexibility index (Phi) is 16.8. The van der Waals surface area contributed by atoms with E-state index < -0.39 is 12.7 Å². The average molecular weight is 875 g/mol. The summed E-state index contributed by atoms with van der Waals surface area (Å²) < 4.78 is 21.2. The summed E-state index contributed by atoms with van der Waals surface area (Å²) in [5, 5.41) is 32.4. The molecule has 2 aliphatic heterocycles. The Balaban J connectivity index is 0.000000208. The molecule has 0 unspecified atom stereocenters. The van der Waals surface area contributed by atoms with Crippen LogP contribution in [-0.2, 0) is 43.7 Å². The number of ether oxygens (including phenoxy) is 2. The number of hydrogen-bond donors (Lipinski definition) is 3. The Morgan fingerprint density at radius 3 is 1.67 bits per heavy atom. The number of aryl methyl sites for hydroxylation is 3. The number of fused-ring (bicyclic) bond motifs is 4. The Labute approximate surface area is 381 Å². The summed E-state index contributed by atoms with van der Waals surface area (Å²) in [6, 6.07) is 19.9. The van der Waals surface area contributed by atoms with E-state index in [4.69, 9.17) is 24.1 Å². The molecule has 2 aromatic carbocycles. The van der Waals surface area contributed by atoms with E-state index in [1.165, 1.54) is 22.9 Å². The number of methoxy groups -OCH3 is 2. The molecule has 0 radical (unpaired) electrons. The topological polar surface area (TPSA) is 130 Å². The quantitative estimate of drug-likeness (QED) is 0.0494. The van der Waals surface area contributed by atoms with Crippen molar-refractivity contribution in [3.8, 4) is 23.0 Å². The fourth-order valence-corrected chi connectivity index (χ4v) is 8.41. The van der Waals surface area contributed by atoms with Crippen molar-refractivity contribution in [2.45, 2.75) is 119 Å². The van der Waals surface area contributed by atoms with Crippen molar-refractivity contribution in [2.75, 3.05) is 40.4 Å². The molecule has 6 aromatic rings. The minimum atomic E-state index is -1.06. The number of phenolic OH excluding ortho intramolecular Hbond substituents is 2. The predicted molar refractivity (Wildman–Crippen MR) is 259 cm³/mol. The van der Waals surface area contributed by atoms with Crippen LogP contribution in [0.5, 0.6) is 23.0 Å². The number of benzene rings is 2. The van der Waals surface area contributed by atoms with E-state index in [-0.39, 0.29) is 17.4 Å². The van der Waals surface area contributed by atoms with Crippen LogP contribution >= 0.6 is 0 Å². The van der Waals surface area contributed by atoms with Crippen LogP contribution in [0.25, 0.3) is 22.1 Å². The van der Waals surface area contributed by atoms with E-state index in [2.05, 4.69) is 88.5 Å². The van der Waals surface area contributed by atoms with Gasteiger partial charge in [-0.1, -0.05) is 33.8 Å². The molecule has 12 nitrogen and oxygen atoms in total. The number of pyridine rings is 2. The first-order valence-electron chi connectivity index (χ1n) is 23.3. The fourth-order valence-electron chi connectivity index (χ4n) is 8.41. The zero-order valence-corrected chi connectivity index (χ0v) is 39.7. The van der Waals surface area contributed by atoms with E-state index in [9.17, 15) is 15.2 Å². The SMILES string of the molecule is CC.CC(C)C(C)(C)OB(O)c1ccc2ccn(CCCCN3CCc4cc(O)c(O)cc4C3)c2n1.COc1cc2c(cc1OC)CN(CCCCn1ccc3ccc(C)nc31)CC2. The molecule has 2 aliphatic rings. The van der Waals surface area contributed by atoms with E-state index >= 15 is 0 Å². The maximum Gasteiger partial charge on any atom is 0.511 e. The average Bonchev–Trinajstić information content (AvgIpc) is 3.90. The van der Waals surface area contributed by atoms with Crippen LogP contribution in [0.15, 0.2) is 73.1 Å². The lowest BCUT2D eigenvalue weighted by Crippen LogP contribution is -2.45. The molecule has 6 heterocycles. The molecule has 344 valence electrons. The first-order valence-corrected chi connectivity index (χ1v) is 23.3. The van der Waals surface area contributed by atoms with Crippen LogP contribution in [0.4, 0.5) is 0 Å². The first-order chi connectivity index (χ1) is 30.8. The van der Waals surface area contributed by atoms with Gasteiger partial charge in [-0.15, -0.1) is 0 Å². The molecule has 64 heavy (non-hydrogen) atoms. The Bertz CT molecular complexity index is 2450. The molecule has 0 aliphatic carbocycles. The van der Waals surface area contributed by atoms with Gasteiger partial charge >= 0.3 is 7.12 Å². The Morgan fingerprint density at radius 2 is 1.12 bits per heavy atom. The number of rotatable bonds is 16. The lowest BCUT2D eigenvalue weighted by atomic mass is 9.81. The van der Waals surface area contributed by atoms with Crippen LogP contribution < -0.4 is 15.1 Å². The highest BCUT2D eigenvalue weighted by Gasteiger charge is 2.31. The molecule has 0 bridgehead atoms. The highest BCUT2D eigenvalue weighted by atomic mass is 16.5. The molecule has 4 aromatic heterocycles. The molecule has 0 fully saturated rings. The van der Waals surface area contributed by atoms with Gasteiger partial charge < -0.3 is 38.5 Å². The van der Waals surface area contributed by atoms with Crippen LogP contribution in [0.1, 0.15) is 95.2 Å². The maximum atomic E-state index is 10.6. The second kappa shape index (κ2) is 22.2. The summed E-state index contributed by atoms with van der Waals surface area (Å²) in [7, 11) is 2.34. The van der Waals surface area contributed by atoms with Gasteiger partial charge in [0.15, 0.2) is 23.0 Å². The summed E-state index contributed by atoms with van der Waals surface area (Å²) in [4.78, 5) is 14.4. The first kappa shape index (κ1) is 48.4. The summed E-state index contributed by atoms with van der Waals surface area (Å²) in [5.74, 6) is 1.84. The van der Waals surface area contributed by atoms with E-state index in [0.29, 0.717) is 5.59 Å². The minimum Gasteiger partial charge on any atom is -0.504 e. The number of hydrogen-bond acceptors (Lipinski definition) is 10. The number of phenols is 2. The van der Waals surface area contributed by atoms with Gasteiger partial charge in [-0.2, -0.15) is 0 Å². The highest BCUT2D eigenvalue weighted by Crippen LogP contribution is 2.34. The van der Waals surface area contributed by atoms with E-state index in [1.807, 2.05) is 39.8 Å². The molecule has 3 N–H and O–H groups in total. The van der Waals surface area contributed by atoms with E-state index in [1.54, 1.807) is 26.4 Å². The zero-order chi connectivity index (χ0) is 46.0. The minimum absolute atomic E-state index is 0.0365. The lowest BCUT2D eigenvalue weighted by Gasteiger charge is -2.31. The zero-order valence-electron chi connectivity index (χ0n) is 39.7. The molecular formula is C51H71BN6O6. The summed E-state index contributed by atoms with van der Waals surface area (Å²) in [6.45, 7) is 22.0. The van der Waals surface area contributed by atoms with Gasteiger partial charge in [0, 0.05) is 68.1 Å². The summed E-state index contributed by atoms with van der Waals surface area (Å²) in [6.07, 6.45) is 10.6. The van der Waals surface area contributed by atoms with Gasteiger partial charge in [-0.25, -0.2) is 9.97 Å². The van der Waals surface area contributed by atoms with Gasteiger partial charge in [-0.3, -0.25) is 9.80 Å². The monoisotopic (exact) mass is 875 g/mol. The molecular weight excluding hydrogens is 803 g/mol. The summed E-state index contributed by atoms with van der Waals surface area (Å²) in [5.41, 5.74) is 8.08. The standard InChI is InChI=1S/C26H36BN3O4.C23H29N3O2.C2H6/c1-18(2)26(3,4)34-27(33)24-8-7-19-10-14-30(25(19)28-24)12-6-5-11-29-13-9-20-15-22(31)23(32)16-21(20)17-29;1-17-6-7-18-9-13-26(23(18)24-17)11-5-4-10-25-12-8-19-14-21(27-2)22(28-3)15-20(19)16-25;1-2/h7-8,10,14-16,18,31-33H,5-6,9,11-13,17H2,1-4H3;6-7,9,13-15H,4-5,8,10-12,16H2,1-3H3;1-2H3. The van der Waals surface area contributed by atoms with Crippen molar-refractivity contribution < 1.29 is 29.4 Å². The van der Waals surface area contributed by atoms with Crippen molar-refractivity contribution in [1.82, 2.24) is 28.9 Å². The number of aromatic nitrogens is 4. The second-order valence-electron chi connectivity index (χ2n) is 17.8. The number of nitrogens with zero attached hydrogens (tertiary/aromatic N) is 6. The van der Waals surface area contributed by atoms with Gasteiger partial charge in [-0.05, 0) is 155 Å². The highest BCUT2D eigenvalue weighted by molar-refractivity contribution is 6.59. The molecule has 0 spiro atoms. The van der Waals surface area contributed by atoms with Crippen molar-refractivity contribution >= 4 is 34.8 Å². The van der Waals surface area contributed by atoms with Crippen molar-refractivity contribution in [2.24, 2.45) is 5.92 Å². The van der Waals surface area contributed by atoms with Crippen LogP contribution in [0.2, 0.25) is 0 Å². The lowest BCUT2D eigenvalue weighted by molar-refractivity contribution is 0.0421. The van der Waals surface area contributed by atoms with Gasteiger partial charge in [0.2, 0.25) is 0 Å². The second-order valence-corrected chi connectivity index (χ2v) is 17.8. The third kappa shape index (κ3) is 12.0. The Morgan fingerprint density at radius 1 is 0.656 bits per heavy atom. The summed E-state index contributed by atoms with van der Waals surface area (Å²) >= 11 is 0. The van der Waals surface area contributed by atoms with Gasteiger partial charge in [0.25, 0.3) is 0 Å². The molecule has 0 atom stereocenters. The Hall–Kier alpha value is -5.08. The third-order valence-electron chi connectivity index (χ3n) is 12.9. The maximum absolute atomic E-state index is 10.6. The van der Waals surface area contributed by atoms with Crippen molar-refractivity contribution in [3.05, 3.63) is 101 Å².